The SMILES string of the molecule is Cc1nc(N)nc2c1C(=O)CC(c1ccc(F)cc1-c1nccnc1F)C2. The molecule has 0 spiro atoms. The van der Waals surface area contributed by atoms with E-state index >= 15 is 0 Å². The number of nitrogens with two attached hydrogens (primary N) is 1. The number of benzene rings is 1. The molecule has 0 amide bonds. The Morgan fingerprint density at radius 2 is 1.89 bits per heavy atom. The molecule has 3 aromatic rings. The van der Waals surface area contributed by atoms with Gasteiger partial charge in [-0.1, -0.05) is 6.07 Å². The molecule has 1 aromatic carbocycles. The number of hydrogen-bond acceptors (Lipinski definition) is 6. The minimum atomic E-state index is -0.797. The Bertz CT molecular complexity index is 1070. The van der Waals surface area contributed by atoms with Gasteiger partial charge in [0, 0.05) is 24.4 Å². The maximum atomic E-state index is 14.2. The predicted octanol–water partition coefficient (Wildman–Crippen LogP) is 3.02. The molecule has 8 heteroatoms. The third-order valence-electron chi connectivity index (χ3n) is 4.70. The second-order valence-electron chi connectivity index (χ2n) is 6.44. The fraction of sp³-hybridized carbons (Fsp3) is 0.211. The zero-order chi connectivity index (χ0) is 19.1. The summed E-state index contributed by atoms with van der Waals surface area (Å²) in [5, 5.41) is 0. The first-order valence-corrected chi connectivity index (χ1v) is 8.36. The van der Waals surface area contributed by atoms with E-state index in [-0.39, 0.29) is 35.3 Å². The number of carbonyl (C=O) groups is 1. The molecule has 0 radical (unpaired) electrons. The summed E-state index contributed by atoms with van der Waals surface area (Å²) in [6.45, 7) is 1.72. The van der Waals surface area contributed by atoms with E-state index in [0.717, 1.165) is 0 Å². The zero-order valence-corrected chi connectivity index (χ0v) is 14.4. The van der Waals surface area contributed by atoms with Gasteiger partial charge in [0.1, 0.15) is 11.5 Å². The Morgan fingerprint density at radius 1 is 1.11 bits per heavy atom. The van der Waals surface area contributed by atoms with Gasteiger partial charge in [-0.25, -0.2) is 24.3 Å². The van der Waals surface area contributed by atoms with Crippen LogP contribution in [-0.4, -0.2) is 25.7 Å². The van der Waals surface area contributed by atoms with Gasteiger partial charge in [0.15, 0.2) is 5.78 Å². The summed E-state index contributed by atoms with van der Waals surface area (Å²) in [5.41, 5.74) is 8.14. The van der Waals surface area contributed by atoms with Crippen LogP contribution in [0, 0.1) is 18.7 Å². The summed E-state index contributed by atoms with van der Waals surface area (Å²) in [6.07, 6.45) is 3.16. The van der Waals surface area contributed by atoms with Gasteiger partial charge < -0.3 is 5.73 Å². The number of aromatic nitrogens is 4. The molecule has 1 atom stereocenters. The van der Waals surface area contributed by atoms with E-state index in [0.29, 0.717) is 28.9 Å². The minimum absolute atomic E-state index is 0.0522. The fourth-order valence-corrected chi connectivity index (χ4v) is 3.61. The van der Waals surface area contributed by atoms with Crippen LogP contribution < -0.4 is 5.73 Å². The molecular weight excluding hydrogens is 352 g/mol. The Morgan fingerprint density at radius 3 is 2.67 bits per heavy atom. The van der Waals surface area contributed by atoms with Crippen molar-refractivity contribution in [1.82, 2.24) is 19.9 Å². The van der Waals surface area contributed by atoms with Gasteiger partial charge in [-0.2, -0.15) is 4.39 Å². The van der Waals surface area contributed by atoms with E-state index in [1.54, 1.807) is 13.0 Å². The number of aryl methyl sites for hydroxylation is 1. The lowest BCUT2D eigenvalue weighted by atomic mass is 9.79. The van der Waals surface area contributed by atoms with Crippen molar-refractivity contribution in [3.05, 3.63) is 64.9 Å². The molecule has 6 nitrogen and oxygen atoms in total. The summed E-state index contributed by atoms with van der Waals surface area (Å²) in [7, 11) is 0. The number of nitrogens with zero attached hydrogens (tertiary/aromatic N) is 4. The average molecular weight is 367 g/mol. The van der Waals surface area contributed by atoms with Crippen molar-refractivity contribution in [2.45, 2.75) is 25.7 Å². The van der Waals surface area contributed by atoms with Gasteiger partial charge in [0.05, 0.1) is 17.0 Å². The van der Waals surface area contributed by atoms with Gasteiger partial charge in [-0.3, -0.25) is 4.79 Å². The smallest absolute Gasteiger partial charge is 0.239 e. The van der Waals surface area contributed by atoms with Crippen LogP contribution in [0.3, 0.4) is 0 Å². The van der Waals surface area contributed by atoms with Gasteiger partial charge in [0.2, 0.25) is 11.9 Å². The second-order valence-corrected chi connectivity index (χ2v) is 6.44. The number of hydrogen-bond donors (Lipinski definition) is 1. The van der Waals surface area contributed by atoms with Crippen LogP contribution in [0.4, 0.5) is 14.7 Å². The standard InChI is InChI=1S/C19H15F2N5O/c1-9-16-14(26-19(22)25-9)6-10(7-15(16)27)12-3-2-11(20)8-13(12)17-18(21)24-5-4-23-17/h2-5,8,10H,6-7H2,1H3,(H2,22,25,26). The first kappa shape index (κ1) is 17.1. The number of fused-ring (bicyclic) bond motifs is 1. The number of Topliss-reactive ketones (excluding diaryl/α,β-unsaturated/α-hetero) is 1. The molecule has 27 heavy (non-hydrogen) atoms. The normalized spacial score (nSPS) is 16.3. The first-order chi connectivity index (χ1) is 12.9. The van der Waals surface area contributed by atoms with Crippen molar-refractivity contribution >= 4 is 11.7 Å². The monoisotopic (exact) mass is 367 g/mol. The molecule has 0 aliphatic heterocycles. The number of rotatable bonds is 2. The molecule has 0 fully saturated rings. The third-order valence-corrected chi connectivity index (χ3v) is 4.70. The van der Waals surface area contributed by atoms with Crippen molar-refractivity contribution in [3.8, 4) is 11.3 Å². The molecule has 1 unspecified atom stereocenters. The Balaban J connectivity index is 1.83. The lowest BCUT2D eigenvalue weighted by molar-refractivity contribution is 0.0962. The predicted molar refractivity (Wildman–Crippen MR) is 94.0 cm³/mol. The van der Waals surface area contributed by atoms with E-state index in [1.807, 2.05) is 0 Å². The van der Waals surface area contributed by atoms with Gasteiger partial charge in [-0.05, 0) is 37.0 Å². The molecule has 4 rings (SSSR count). The highest BCUT2D eigenvalue weighted by Crippen LogP contribution is 2.38. The van der Waals surface area contributed by atoms with Crippen LogP contribution in [0.15, 0.2) is 30.6 Å². The average Bonchev–Trinajstić information content (AvgIpc) is 2.61. The van der Waals surface area contributed by atoms with Gasteiger partial charge >= 0.3 is 0 Å². The zero-order valence-electron chi connectivity index (χ0n) is 14.4. The van der Waals surface area contributed by atoms with Crippen molar-refractivity contribution in [2.75, 3.05) is 5.73 Å². The third kappa shape index (κ3) is 3.03. The van der Waals surface area contributed by atoms with Crippen LogP contribution >= 0.6 is 0 Å². The molecule has 1 aliphatic carbocycles. The molecule has 2 heterocycles. The molecule has 1 aliphatic rings. The van der Waals surface area contributed by atoms with Gasteiger partial charge in [-0.15, -0.1) is 0 Å². The summed E-state index contributed by atoms with van der Waals surface area (Å²) in [4.78, 5) is 28.5. The largest absolute Gasteiger partial charge is 0.368 e. The Labute approximate surface area is 153 Å². The maximum Gasteiger partial charge on any atom is 0.239 e. The summed E-state index contributed by atoms with van der Waals surface area (Å²) in [5.74, 6) is -1.65. The van der Waals surface area contributed by atoms with Crippen molar-refractivity contribution in [3.63, 3.8) is 0 Å². The molecule has 2 N–H and O–H groups in total. The van der Waals surface area contributed by atoms with Crippen molar-refractivity contribution < 1.29 is 13.6 Å². The highest BCUT2D eigenvalue weighted by molar-refractivity contribution is 6.00. The van der Waals surface area contributed by atoms with Gasteiger partial charge in [0.25, 0.3) is 0 Å². The summed E-state index contributed by atoms with van der Waals surface area (Å²) < 4.78 is 28.1. The minimum Gasteiger partial charge on any atom is -0.368 e. The van der Waals surface area contributed by atoms with E-state index in [2.05, 4.69) is 19.9 Å². The topological polar surface area (TPSA) is 94.7 Å². The number of anilines is 1. The first-order valence-electron chi connectivity index (χ1n) is 8.36. The van der Waals surface area contributed by atoms with Crippen LogP contribution in [0.2, 0.25) is 0 Å². The van der Waals surface area contributed by atoms with Crippen LogP contribution in [-0.2, 0) is 6.42 Å². The highest BCUT2D eigenvalue weighted by atomic mass is 19.1. The molecule has 0 bridgehead atoms. The highest BCUT2D eigenvalue weighted by Gasteiger charge is 2.31. The Kier molecular flexibility index (Phi) is 4.10. The Hall–Kier alpha value is -3.29. The van der Waals surface area contributed by atoms with Crippen molar-refractivity contribution in [1.29, 1.82) is 0 Å². The number of carbonyl (C=O) groups excluding carboxylic acids is 1. The lowest BCUT2D eigenvalue weighted by Gasteiger charge is -2.26. The second kappa shape index (κ2) is 6.46. The number of halogens is 2. The number of ketones is 1. The number of nitrogen functional groups attached to an aromatic ring is 1. The quantitative estimate of drug-likeness (QED) is 0.748. The van der Waals surface area contributed by atoms with E-state index in [4.69, 9.17) is 5.73 Å². The van der Waals surface area contributed by atoms with E-state index in [9.17, 15) is 13.6 Å². The fourth-order valence-electron chi connectivity index (χ4n) is 3.61. The van der Waals surface area contributed by atoms with Crippen LogP contribution in [0.5, 0.6) is 0 Å². The van der Waals surface area contributed by atoms with Crippen molar-refractivity contribution in [2.24, 2.45) is 0 Å². The van der Waals surface area contributed by atoms with E-state index in [1.165, 1.54) is 24.5 Å². The van der Waals surface area contributed by atoms with Crippen LogP contribution in [0.1, 0.15) is 39.6 Å². The molecule has 0 saturated carbocycles. The summed E-state index contributed by atoms with van der Waals surface area (Å²) >= 11 is 0. The van der Waals surface area contributed by atoms with E-state index < -0.39 is 11.8 Å². The lowest BCUT2D eigenvalue weighted by Crippen LogP contribution is -2.23. The van der Waals surface area contributed by atoms with Crippen LogP contribution in [0.25, 0.3) is 11.3 Å². The molecule has 2 aromatic heterocycles. The maximum absolute atomic E-state index is 14.2. The molecular formula is C19H15F2N5O. The summed E-state index contributed by atoms with van der Waals surface area (Å²) in [6, 6.07) is 4.05. The molecule has 0 saturated heterocycles. The molecule has 136 valence electrons.